The number of aromatic nitrogens is 2. The van der Waals surface area contributed by atoms with Gasteiger partial charge in [0.25, 0.3) is 0 Å². The second-order valence-electron chi connectivity index (χ2n) is 7.95. The van der Waals surface area contributed by atoms with Crippen LogP contribution in [0.15, 0.2) is 42.5 Å². The van der Waals surface area contributed by atoms with Crippen LogP contribution in [0, 0.1) is 29.1 Å². The Labute approximate surface area is 154 Å². The van der Waals surface area contributed by atoms with Crippen LogP contribution < -0.4 is 4.90 Å². The minimum absolute atomic E-state index is 0.392. The Morgan fingerprint density at radius 2 is 1.81 bits per heavy atom. The van der Waals surface area contributed by atoms with E-state index in [1.165, 1.54) is 31.5 Å². The van der Waals surface area contributed by atoms with Crippen molar-refractivity contribution in [1.29, 1.82) is 5.26 Å². The van der Waals surface area contributed by atoms with Crippen molar-refractivity contribution >= 4 is 5.82 Å². The molecule has 0 spiro atoms. The average molecular weight is 345 g/mol. The molecule has 1 aromatic heterocycles. The Kier molecular flexibility index (Phi) is 3.86. The van der Waals surface area contributed by atoms with Gasteiger partial charge in [-0.15, -0.1) is 10.2 Å². The van der Waals surface area contributed by atoms with Crippen molar-refractivity contribution in [3.63, 3.8) is 0 Å². The third-order valence-electron chi connectivity index (χ3n) is 6.56. The monoisotopic (exact) mass is 345 g/mol. The van der Waals surface area contributed by atoms with Crippen LogP contribution in [0.3, 0.4) is 0 Å². The molecule has 1 aliphatic carbocycles. The van der Waals surface area contributed by atoms with E-state index in [9.17, 15) is 0 Å². The van der Waals surface area contributed by atoms with Gasteiger partial charge >= 0.3 is 0 Å². The number of piperidine rings is 2. The van der Waals surface area contributed by atoms with E-state index in [1.54, 1.807) is 6.07 Å². The Morgan fingerprint density at radius 3 is 2.58 bits per heavy atom. The van der Waals surface area contributed by atoms with Gasteiger partial charge in [-0.3, -0.25) is 4.90 Å². The highest BCUT2D eigenvalue weighted by Gasteiger charge is 2.51. The first-order valence-electron chi connectivity index (χ1n) is 9.58. The standard InChI is InChI=1S/C21H23N5/c22-10-17-7-9-21(24-23-17)26-12-16-6-8-20(26)19-14-25(13-18(16)19)11-15-4-2-1-3-5-15/h1-5,7,9,16,18-20H,6,8,11-14H2. The minimum atomic E-state index is 0.392. The van der Waals surface area contributed by atoms with Crippen LogP contribution in [-0.4, -0.2) is 40.8 Å². The lowest BCUT2D eigenvalue weighted by Crippen LogP contribution is -2.57. The molecular formula is C21H23N5. The zero-order valence-corrected chi connectivity index (χ0v) is 14.8. The number of anilines is 1. The fourth-order valence-corrected chi connectivity index (χ4v) is 5.43. The number of rotatable bonds is 3. The molecule has 0 N–H and O–H groups in total. The number of nitriles is 1. The summed E-state index contributed by atoms with van der Waals surface area (Å²) in [6, 6.07) is 17.2. The van der Waals surface area contributed by atoms with Gasteiger partial charge in [-0.05, 0) is 48.3 Å². The molecule has 5 nitrogen and oxygen atoms in total. The number of hydrogen-bond acceptors (Lipinski definition) is 5. The van der Waals surface area contributed by atoms with E-state index in [0.717, 1.165) is 36.7 Å². The smallest absolute Gasteiger partial charge is 0.163 e. The minimum Gasteiger partial charge on any atom is -0.352 e. The second kappa shape index (κ2) is 6.37. The van der Waals surface area contributed by atoms with Crippen LogP contribution in [-0.2, 0) is 6.54 Å². The predicted octanol–water partition coefficient (Wildman–Crippen LogP) is 2.70. The Hall–Kier alpha value is -2.45. The van der Waals surface area contributed by atoms with Crippen LogP contribution >= 0.6 is 0 Å². The van der Waals surface area contributed by atoms with Gasteiger partial charge in [0, 0.05) is 32.2 Å². The molecule has 0 radical (unpaired) electrons. The zero-order chi connectivity index (χ0) is 17.5. The van der Waals surface area contributed by atoms with E-state index in [2.05, 4.69) is 56.4 Å². The Bertz CT molecular complexity index is 813. The first-order chi connectivity index (χ1) is 12.8. The molecule has 1 aromatic carbocycles. The summed E-state index contributed by atoms with van der Waals surface area (Å²) >= 11 is 0. The van der Waals surface area contributed by atoms with Gasteiger partial charge in [0.15, 0.2) is 11.5 Å². The number of hydrogen-bond donors (Lipinski definition) is 0. The Morgan fingerprint density at radius 1 is 0.962 bits per heavy atom. The zero-order valence-electron chi connectivity index (χ0n) is 14.8. The summed E-state index contributed by atoms with van der Waals surface area (Å²) < 4.78 is 0. The summed E-state index contributed by atoms with van der Waals surface area (Å²) in [4.78, 5) is 5.11. The van der Waals surface area contributed by atoms with Crippen molar-refractivity contribution < 1.29 is 0 Å². The summed E-state index contributed by atoms with van der Waals surface area (Å²) in [7, 11) is 0. The molecule has 132 valence electrons. The van der Waals surface area contributed by atoms with E-state index in [-0.39, 0.29) is 0 Å². The van der Waals surface area contributed by atoms with Crippen LogP contribution in [0.25, 0.3) is 0 Å². The molecule has 1 saturated carbocycles. The normalized spacial score (nSPS) is 30.2. The number of fused-ring (bicyclic) bond motifs is 2. The maximum atomic E-state index is 8.95. The summed E-state index contributed by atoms with van der Waals surface area (Å²) in [6.07, 6.45) is 2.60. The summed E-state index contributed by atoms with van der Waals surface area (Å²) in [5.41, 5.74) is 1.80. The summed E-state index contributed by atoms with van der Waals surface area (Å²) in [5.74, 6) is 3.24. The molecule has 4 aliphatic rings. The van der Waals surface area contributed by atoms with Gasteiger partial charge in [0.2, 0.25) is 0 Å². The van der Waals surface area contributed by atoms with Crippen LogP contribution in [0.4, 0.5) is 5.82 Å². The van der Waals surface area contributed by atoms with E-state index in [0.29, 0.717) is 11.7 Å². The topological polar surface area (TPSA) is 56.1 Å². The second-order valence-corrected chi connectivity index (χ2v) is 7.95. The lowest BCUT2D eigenvalue weighted by atomic mass is 9.66. The van der Waals surface area contributed by atoms with Crippen molar-refractivity contribution in [1.82, 2.24) is 15.1 Å². The maximum Gasteiger partial charge on any atom is 0.163 e. The van der Waals surface area contributed by atoms with Gasteiger partial charge in [-0.25, -0.2) is 0 Å². The van der Waals surface area contributed by atoms with Gasteiger partial charge < -0.3 is 4.90 Å². The molecule has 3 saturated heterocycles. The molecule has 5 heteroatoms. The number of likely N-dealkylation sites (tertiary alicyclic amines) is 1. The first kappa shape index (κ1) is 15.8. The van der Waals surface area contributed by atoms with Crippen molar-refractivity contribution in [2.75, 3.05) is 24.5 Å². The van der Waals surface area contributed by atoms with Crippen LogP contribution in [0.5, 0.6) is 0 Å². The molecule has 4 atom stereocenters. The van der Waals surface area contributed by atoms with Crippen LogP contribution in [0.1, 0.15) is 24.1 Å². The first-order valence-corrected chi connectivity index (χ1v) is 9.58. The largest absolute Gasteiger partial charge is 0.352 e. The third kappa shape index (κ3) is 2.65. The highest BCUT2D eigenvalue weighted by atomic mass is 15.3. The average Bonchev–Trinajstić information content (AvgIpc) is 3.14. The van der Waals surface area contributed by atoms with Crippen molar-refractivity contribution in [2.45, 2.75) is 25.4 Å². The SMILES string of the molecule is N#Cc1ccc(N2CC3CCC2C2CN(Cc4ccccc4)CC32)nn1. The van der Waals surface area contributed by atoms with Gasteiger partial charge in [-0.1, -0.05) is 30.3 Å². The van der Waals surface area contributed by atoms with Gasteiger partial charge in [-0.2, -0.15) is 5.26 Å². The quantitative estimate of drug-likeness (QED) is 0.856. The molecule has 2 bridgehead atoms. The molecule has 3 aliphatic heterocycles. The maximum absolute atomic E-state index is 8.95. The predicted molar refractivity (Wildman–Crippen MR) is 99.3 cm³/mol. The van der Waals surface area contributed by atoms with E-state index < -0.39 is 0 Å². The van der Waals surface area contributed by atoms with Crippen molar-refractivity contribution in [2.24, 2.45) is 17.8 Å². The van der Waals surface area contributed by atoms with E-state index in [1.807, 2.05) is 6.07 Å². The molecule has 2 aromatic rings. The van der Waals surface area contributed by atoms with E-state index in [4.69, 9.17) is 5.26 Å². The number of benzene rings is 1. The highest BCUT2D eigenvalue weighted by molar-refractivity contribution is 5.43. The highest BCUT2D eigenvalue weighted by Crippen LogP contribution is 2.48. The molecular weight excluding hydrogens is 322 g/mol. The molecule has 26 heavy (non-hydrogen) atoms. The van der Waals surface area contributed by atoms with Gasteiger partial charge in [0.05, 0.1) is 0 Å². The molecule has 4 unspecified atom stereocenters. The lowest BCUT2D eigenvalue weighted by molar-refractivity contribution is 0.120. The lowest BCUT2D eigenvalue weighted by Gasteiger charge is -2.52. The van der Waals surface area contributed by atoms with Crippen molar-refractivity contribution in [3.8, 4) is 6.07 Å². The summed E-state index contributed by atoms with van der Waals surface area (Å²) in [6.45, 7) is 4.56. The third-order valence-corrected chi connectivity index (χ3v) is 6.56. The molecule has 4 heterocycles. The van der Waals surface area contributed by atoms with E-state index >= 15 is 0 Å². The summed E-state index contributed by atoms with van der Waals surface area (Å²) in [5, 5.41) is 17.3. The molecule has 0 amide bonds. The van der Waals surface area contributed by atoms with Gasteiger partial charge in [0.1, 0.15) is 6.07 Å². The van der Waals surface area contributed by atoms with Crippen molar-refractivity contribution in [3.05, 3.63) is 53.7 Å². The van der Waals surface area contributed by atoms with Crippen LogP contribution in [0.2, 0.25) is 0 Å². The molecule has 6 rings (SSSR count). The number of nitrogens with zero attached hydrogens (tertiary/aromatic N) is 5. The molecule has 4 fully saturated rings. The fourth-order valence-electron chi connectivity index (χ4n) is 5.43. The Balaban J connectivity index is 1.34. The fraction of sp³-hybridized carbons (Fsp3) is 0.476.